The molecule has 0 atom stereocenters. The Kier molecular flexibility index (Phi) is 6.59. The maximum Gasteiger partial charge on any atom is 0.277 e. The molecule has 170 valence electrons. The monoisotopic (exact) mass is 466 g/mol. The number of benzene rings is 1. The van der Waals surface area contributed by atoms with Crippen LogP contribution in [0.3, 0.4) is 0 Å². The van der Waals surface area contributed by atoms with Gasteiger partial charge in [-0.15, -0.1) is 0 Å². The third-order valence-electron chi connectivity index (χ3n) is 4.25. The van der Waals surface area contributed by atoms with E-state index in [0.717, 1.165) is 0 Å². The highest BCUT2D eigenvalue weighted by atomic mass is 32.2. The summed E-state index contributed by atoms with van der Waals surface area (Å²) in [5.41, 5.74) is 0.899. The van der Waals surface area contributed by atoms with Crippen molar-refractivity contribution >= 4 is 23.5 Å². The average molecular weight is 467 g/mol. The van der Waals surface area contributed by atoms with Gasteiger partial charge < -0.3 is 19.3 Å². The molecule has 1 N–H and O–H groups in total. The van der Waals surface area contributed by atoms with Crippen LogP contribution in [0.1, 0.15) is 24.2 Å². The summed E-state index contributed by atoms with van der Waals surface area (Å²) in [6.45, 7) is 3.81. The Hall–Kier alpha value is -3.86. The van der Waals surface area contributed by atoms with Crippen molar-refractivity contribution in [2.75, 3.05) is 11.6 Å². The predicted octanol–water partition coefficient (Wildman–Crippen LogP) is 4.42. The molecule has 0 aliphatic carbocycles. The summed E-state index contributed by atoms with van der Waals surface area (Å²) in [7, 11) is 1.78. The first-order valence-electron chi connectivity index (χ1n) is 10.0. The number of nitrogens with zero attached hydrogens (tertiary/aromatic N) is 5. The SMILES string of the molecule is CSc1noc(-c2ccc(Oc3cc(OC(C)C)cc(C(=O)Nc4ccn(C)n4)c3)cn2)n1. The van der Waals surface area contributed by atoms with Crippen molar-refractivity contribution in [3.63, 3.8) is 0 Å². The summed E-state index contributed by atoms with van der Waals surface area (Å²) in [5, 5.41) is 11.3. The average Bonchev–Trinajstić information content (AvgIpc) is 3.42. The van der Waals surface area contributed by atoms with Gasteiger partial charge >= 0.3 is 0 Å². The molecule has 0 fully saturated rings. The molecule has 0 saturated heterocycles. The van der Waals surface area contributed by atoms with E-state index in [1.807, 2.05) is 20.1 Å². The fourth-order valence-corrected chi connectivity index (χ4v) is 3.16. The van der Waals surface area contributed by atoms with Gasteiger partial charge in [-0.25, -0.2) is 4.98 Å². The number of aryl methyl sites for hydroxylation is 1. The summed E-state index contributed by atoms with van der Waals surface area (Å²) >= 11 is 1.38. The van der Waals surface area contributed by atoms with Crippen molar-refractivity contribution in [2.45, 2.75) is 25.1 Å². The van der Waals surface area contributed by atoms with Gasteiger partial charge in [-0.1, -0.05) is 11.8 Å². The van der Waals surface area contributed by atoms with E-state index in [1.165, 1.54) is 11.8 Å². The number of pyridine rings is 1. The van der Waals surface area contributed by atoms with Crippen LogP contribution in [0, 0.1) is 0 Å². The molecule has 0 bridgehead atoms. The van der Waals surface area contributed by atoms with Crippen LogP contribution in [0.2, 0.25) is 0 Å². The lowest BCUT2D eigenvalue weighted by atomic mass is 10.2. The van der Waals surface area contributed by atoms with E-state index in [1.54, 1.807) is 60.5 Å². The van der Waals surface area contributed by atoms with Crippen LogP contribution in [0.5, 0.6) is 17.2 Å². The van der Waals surface area contributed by atoms with Gasteiger partial charge in [0.2, 0.25) is 5.16 Å². The summed E-state index contributed by atoms with van der Waals surface area (Å²) in [6.07, 6.45) is 5.08. The standard InChI is InChI=1S/C22H22N6O4S/c1-13(2)30-16-9-14(20(29)24-19-7-8-28(3)26-19)10-17(11-16)31-15-5-6-18(23-12-15)21-25-22(33-4)27-32-21/h5-13H,1-4H3,(H,24,26,29). The largest absolute Gasteiger partial charge is 0.491 e. The number of hydrogen-bond acceptors (Lipinski definition) is 9. The van der Waals surface area contributed by atoms with Gasteiger partial charge in [0.15, 0.2) is 5.82 Å². The Bertz CT molecular complexity index is 1250. The van der Waals surface area contributed by atoms with Crippen molar-refractivity contribution in [2.24, 2.45) is 7.05 Å². The summed E-state index contributed by atoms with van der Waals surface area (Å²) in [6, 6.07) is 10.2. The number of carbonyl (C=O) groups is 1. The molecule has 4 rings (SSSR count). The second-order valence-electron chi connectivity index (χ2n) is 7.26. The van der Waals surface area contributed by atoms with Crippen LogP contribution in [-0.2, 0) is 7.05 Å². The Morgan fingerprint density at radius 2 is 1.97 bits per heavy atom. The van der Waals surface area contributed by atoms with Crippen LogP contribution in [0.25, 0.3) is 11.6 Å². The number of ether oxygens (including phenoxy) is 2. The summed E-state index contributed by atoms with van der Waals surface area (Å²) in [5.74, 6) is 1.85. The third-order valence-corrected chi connectivity index (χ3v) is 4.78. The smallest absolute Gasteiger partial charge is 0.277 e. The maximum absolute atomic E-state index is 12.8. The second kappa shape index (κ2) is 9.74. The molecule has 3 aromatic heterocycles. The highest BCUT2D eigenvalue weighted by Gasteiger charge is 2.14. The quantitative estimate of drug-likeness (QED) is 0.377. The first-order chi connectivity index (χ1) is 15.9. The molecule has 10 nitrogen and oxygen atoms in total. The van der Waals surface area contributed by atoms with E-state index in [4.69, 9.17) is 14.0 Å². The minimum absolute atomic E-state index is 0.0755. The number of hydrogen-bond donors (Lipinski definition) is 1. The van der Waals surface area contributed by atoms with Crippen molar-refractivity contribution in [3.8, 4) is 28.8 Å². The number of anilines is 1. The summed E-state index contributed by atoms with van der Waals surface area (Å²) < 4.78 is 18.6. The third kappa shape index (κ3) is 5.69. The van der Waals surface area contributed by atoms with E-state index < -0.39 is 0 Å². The zero-order chi connectivity index (χ0) is 23.4. The van der Waals surface area contributed by atoms with Gasteiger partial charge in [-0.3, -0.25) is 9.48 Å². The number of aromatic nitrogens is 5. The molecule has 0 aliphatic rings. The zero-order valence-electron chi connectivity index (χ0n) is 18.5. The first kappa shape index (κ1) is 22.3. The number of carbonyl (C=O) groups excluding carboxylic acids is 1. The van der Waals surface area contributed by atoms with E-state index in [2.05, 4.69) is 25.5 Å². The molecule has 0 saturated carbocycles. The highest BCUT2D eigenvalue weighted by molar-refractivity contribution is 7.98. The fourth-order valence-electron chi connectivity index (χ4n) is 2.87. The van der Waals surface area contributed by atoms with Gasteiger partial charge in [-0.2, -0.15) is 10.1 Å². The molecule has 1 amide bonds. The molecule has 4 aromatic rings. The Balaban J connectivity index is 1.55. The van der Waals surface area contributed by atoms with Crippen molar-refractivity contribution in [1.82, 2.24) is 24.9 Å². The molecule has 0 unspecified atom stereocenters. The van der Waals surface area contributed by atoms with E-state index in [-0.39, 0.29) is 12.0 Å². The topological polar surface area (TPSA) is 117 Å². The first-order valence-corrected chi connectivity index (χ1v) is 11.3. The molecule has 33 heavy (non-hydrogen) atoms. The van der Waals surface area contributed by atoms with Crippen LogP contribution < -0.4 is 14.8 Å². The van der Waals surface area contributed by atoms with Gasteiger partial charge in [0, 0.05) is 30.9 Å². The van der Waals surface area contributed by atoms with E-state index in [0.29, 0.717) is 45.4 Å². The Morgan fingerprint density at radius 1 is 1.15 bits per heavy atom. The maximum atomic E-state index is 12.8. The molecule has 0 radical (unpaired) electrons. The van der Waals surface area contributed by atoms with Gasteiger partial charge in [0.25, 0.3) is 11.8 Å². The van der Waals surface area contributed by atoms with Crippen LogP contribution >= 0.6 is 11.8 Å². The van der Waals surface area contributed by atoms with Crippen molar-refractivity contribution < 1.29 is 18.8 Å². The zero-order valence-corrected chi connectivity index (χ0v) is 19.3. The molecular weight excluding hydrogens is 444 g/mol. The highest BCUT2D eigenvalue weighted by Crippen LogP contribution is 2.29. The van der Waals surface area contributed by atoms with Crippen LogP contribution in [-0.4, -0.2) is 43.2 Å². The van der Waals surface area contributed by atoms with Gasteiger partial charge in [0.1, 0.15) is 22.9 Å². The molecule has 1 aromatic carbocycles. The summed E-state index contributed by atoms with van der Waals surface area (Å²) in [4.78, 5) is 21.3. The van der Waals surface area contributed by atoms with Gasteiger partial charge in [0.05, 0.1) is 12.3 Å². The number of amides is 1. The molecule has 0 spiro atoms. The minimum Gasteiger partial charge on any atom is -0.491 e. The van der Waals surface area contributed by atoms with Crippen molar-refractivity contribution in [3.05, 3.63) is 54.4 Å². The Morgan fingerprint density at radius 3 is 2.61 bits per heavy atom. The lowest BCUT2D eigenvalue weighted by molar-refractivity contribution is 0.102. The molecule has 11 heteroatoms. The fraction of sp³-hybridized carbons (Fsp3) is 0.227. The van der Waals surface area contributed by atoms with Gasteiger partial charge in [-0.05, 0) is 49.5 Å². The van der Waals surface area contributed by atoms with Crippen molar-refractivity contribution in [1.29, 1.82) is 0 Å². The predicted molar refractivity (Wildman–Crippen MR) is 123 cm³/mol. The normalized spacial score (nSPS) is 10.9. The Labute approximate surface area is 194 Å². The number of nitrogens with one attached hydrogen (secondary N) is 1. The van der Waals surface area contributed by atoms with Crippen LogP contribution in [0.4, 0.5) is 5.82 Å². The molecular formula is C22H22N6O4S. The number of rotatable bonds is 8. The molecule has 0 aliphatic heterocycles. The lowest BCUT2D eigenvalue weighted by Gasteiger charge is -2.14. The van der Waals surface area contributed by atoms with Crippen LogP contribution in [0.15, 0.2) is 58.5 Å². The second-order valence-corrected chi connectivity index (χ2v) is 8.03. The minimum atomic E-state index is -0.331. The van der Waals surface area contributed by atoms with E-state index in [9.17, 15) is 4.79 Å². The number of thioether (sulfide) groups is 1. The lowest BCUT2D eigenvalue weighted by Crippen LogP contribution is -2.13. The van der Waals surface area contributed by atoms with E-state index >= 15 is 0 Å². The molecule has 3 heterocycles.